The first-order valence-electron chi connectivity index (χ1n) is 6.25. The molecule has 0 aliphatic carbocycles. The Morgan fingerprint density at radius 3 is 2.85 bits per heavy atom. The Morgan fingerprint density at radius 2 is 2.20 bits per heavy atom. The van der Waals surface area contributed by atoms with Crippen molar-refractivity contribution in [2.45, 2.75) is 25.9 Å². The van der Waals surface area contributed by atoms with Crippen LogP contribution in [0.15, 0.2) is 30.3 Å². The maximum Gasteiger partial charge on any atom is 0.244 e. The molecule has 1 heterocycles. The molecule has 2 rings (SSSR count). The van der Waals surface area contributed by atoms with Crippen molar-refractivity contribution in [3.8, 4) is 17.5 Å². The Kier molecular flexibility index (Phi) is 4.39. The zero-order valence-electron chi connectivity index (χ0n) is 11.0. The third-order valence-corrected chi connectivity index (χ3v) is 2.67. The lowest BCUT2D eigenvalue weighted by Gasteiger charge is -2.07. The first kappa shape index (κ1) is 13.7. The minimum absolute atomic E-state index is 0.0575. The molecule has 0 aliphatic heterocycles. The van der Waals surface area contributed by atoms with Gasteiger partial charge in [-0.2, -0.15) is 10.1 Å². The van der Waals surface area contributed by atoms with Gasteiger partial charge in [0, 0.05) is 5.56 Å². The minimum atomic E-state index is -0.486. The molecule has 0 unspecified atom stereocenters. The molecule has 1 atom stereocenters. The summed E-state index contributed by atoms with van der Waals surface area (Å²) in [6.45, 7) is 1.77. The smallest absolute Gasteiger partial charge is 0.244 e. The van der Waals surface area contributed by atoms with Gasteiger partial charge in [-0.15, -0.1) is 10.2 Å². The SMILES string of the molecule is CC[C@@H](C#N)NC(=O)Cn1nnc(-c2ccccc2)n1. The topological polar surface area (TPSA) is 96.5 Å². The van der Waals surface area contributed by atoms with Crippen LogP contribution in [-0.2, 0) is 11.3 Å². The minimum Gasteiger partial charge on any atom is -0.339 e. The molecule has 0 radical (unpaired) electrons. The van der Waals surface area contributed by atoms with Gasteiger partial charge in [0.15, 0.2) is 0 Å². The van der Waals surface area contributed by atoms with E-state index in [1.165, 1.54) is 4.80 Å². The highest BCUT2D eigenvalue weighted by Crippen LogP contribution is 2.11. The number of hydrogen-bond acceptors (Lipinski definition) is 5. The lowest BCUT2D eigenvalue weighted by molar-refractivity contribution is -0.122. The van der Waals surface area contributed by atoms with Gasteiger partial charge in [0.25, 0.3) is 0 Å². The Bertz CT molecular complexity index is 615. The summed E-state index contributed by atoms with van der Waals surface area (Å²) in [5.74, 6) is 0.154. The lowest BCUT2D eigenvalue weighted by atomic mass is 10.2. The summed E-state index contributed by atoms with van der Waals surface area (Å²) in [6, 6.07) is 10.9. The van der Waals surface area contributed by atoms with Crippen LogP contribution in [0.5, 0.6) is 0 Å². The fraction of sp³-hybridized carbons (Fsp3) is 0.308. The van der Waals surface area contributed by atoms with Crippen LogP contribution in [0.2, 0.25) is 0 Å². The maximum atomic E-state index is 11.7. The van der Waals surface area contributed by atoms with Crippen molar-refractivity contribution in [2.24, 2.45) is 0 Å². The summed E-state index contributed by atoms with van der Waals surface area (Å²) in [5, 5.41) is 23.2. The molecule has 0 spiro atoms. The third kappa shape index (κ3) is 3.38. The van der Waals surface area contributed by atoms with Crippen LogP contribution in [0.25, 0.3) is 11.4 Å². The van der Waals surface area contributed by atoms with Crippen LogP contribution < -0.4 is 5.32 Å². The molecule has 1 N–H and O–H groups in total. The van der Waals surface area contributed by atoms with Crippen LogP contribution >= 0.6 is 0 Å². The van der Waals surface area contributed by atoms with Gasteiger partial charge >= 0.3 is 0 Å². The lowest BCUT2D eigenvalue weighted by Crippen LogP contribution is -2.36. The van der Waals surface area contributed by atoms with E-state index in [9.17, 15) is 4.79 Å². The number of aromatic nitrogens is 4. The highest BCUT2D eigenvalue weighted by atomic mass is 16.2. The van der Waals surface area contributed by atoms with Crippen LogP contribution in [-0.4, -0.2) is 32.2 Å². The van der Waals surface area contributed by atoms with Crippen molar-refractivity contribution in [3.63, 3.8) is 0 Å². The van der Waals surface area contributed by atoms with Crippen LogP contribution in [0, 0.1) is 11.3 Å². The first-order valence-corrected chi connectivity index (χ1v) is 6.25. The van der Waals surface area contributed by atoms with E-state index in [2.05, 4.69) is 20.7 Å². The molecule has 0 saturated carbocycles. The van der Waals surface area contributed by atoms with E-state index in [1.807, 2.05) is 43.3 Å². The number of carbonyl (C=O) groups is 1. The Hall–Kier alpha value is -2.75. The van der Waals surface area contributed by atoms with Crippen molar-refractivity contribution in [1.82, 2.24) is 25.5 Å². The number of hydrogen-bond donors (Lipinski definition) is 1. The van der Waals surface area contributed by atoms with E-state index in [-0.39, 0.29) is 12.5 Å². The molecule has 0 aliphatic rings. The van der Waals surface area contributed by atoms with Crippen molar-refractivity contribution in [1.29, 1.82) is 5.26 Å². The van der Waals surface area contributed by atoms with Crippen LogP contribution in [0.3, 0.4) is 0 Å². The molecule has 1 aromatic carbocycles. The zero-order chi connectivity index (χ0) is 14.4. The van der Waals surface area contributed by atoms with E-state index < -0.39 is 6.04 Å². The number of nitrogens with one attached hydrogen (secondary N) is 1. The molecule has 102 valence electrons. The second kappa shape index (κ2) is 6.43. The fourth-order valence-electron chi connectivity index (χ4n) is 1.61. The molecule has 0 saturated heterocycles. The summed E-state index contributed by atoms with van der Waals surface area (Å²) >= 11 is 0. The second-order valence-corrected chi connectivity index (χ2v) is 4.17. The highest BCUT2D eigenvalue weighted by molar-refractivity contribution is 5.76. The Morgan fingerprint density at radius 1 is 1.45 bits per heavy atom. The molecule has 0 bridgehead atoms. The molecule has 2 aromatic rings. The summed E-state index contributed by atoms with van der Waals surface area (Å²) in [5.41, 5.74) is 0.836. The molecule has 20 heavy (non-hydrogen) atoms. The molecule has 0 fully saturated rings. The standard InChI is InChI=1S/C13H14N6O/c1-2-11(8-14)15-12(20)9-19-17-13(16-18-19)10-6-4-3-5-7-10/h3-7,11H,2,9H2,1H3,(H,15,20)/t11-/m0/s1. The Labute approximate surface area is 116 Å². The summed E-state index contributed by atoms with van der Waals surface area (Å²) in [6.07, 6.45) is 0.558. The normalized spacial score (nSPS) is 11.6. The van der Waals surface area contributed by atoms with Gasteiger partial charge in [-0.1, -0.05) is 37.3 Å². The maximum absolute atomic E-state index is 11.7. The van der Waals surface area contributed by atoms with Crippen LogP contribution in [0.4, 0.5) is 0 Å². The number of tetrazole rings is 1. The molecule has 7 nitrogen and oxygen atoms in total. The van der Waals surface area contributed by atoms with Crippen molar-refractivity contribution in [2.75, 3.05) is 0 Å². The highest BCUT2D eigenvalue weighted by Gasteiger charge is 2.12. The summed E-state index contributed by atoms with van der Waals surface area (Å²) < 4.78 is 0. The predicted octanol–water partition coefficient (Wildman–Crippen LogP) is 0.758. The second-order valence-electron chi connectivity index (χ2n) is 4.17. The van der Waals surface area contributed by atoms with Crippen molar-refractivity contribution >= 4 is 5.91 Å². The molecular weight excluding hydrogens is 256 g/mol. The van der Waals surface area contributed by atoms with E-state index in [4.69, 9.17) is 5.26 Å². The van der Waals surface area contributed by atoms with Gasteiger partial charge in [0.05, 0.1) is 6.07 Å². The number of nitrogens with zero attached hydrogens (tertiary/aromatic N) is 5. The van der Waals surface area contributed by atoms with Gasteiger partial charge in [-0.3, -0.25) is 4.79 Å². The van der Waals surface area contributed by atoms with Gasteiger partial charge in [0.1, 0.15) is 12.6 Å². The summed E-state index contributed by atoms with van der Waals surface area (Å²) in [7, 11) is 0. The van der Waals surface area contributed by atoms with Crippen LogP contribution in [0.1, 0.15) is 13.3 Å². The average molecular weight is 270 g/mol. The third-order valence-electron chi connectivity index (χ3n) is 2.67. The van der Waals surface area contributed by atoms with Crippen molar-refractivity contribution < 1.29 is 4.79 Å². The number of nitriles is 1. The van der Waals surface area contributed by atoms with E-state index in [0.717, 1.165) is 5.56 Å². The largest absolute Gasteiger partial charge is 0.339 e. The van der Waals surface area contributed by atoms with E-state index in [1.54, 1.807) is 0 Å². The van der Waals surface area contributed by atoms with E-state index >= 15 is 0 Å². The number of amides is 1. The summed E-state index contributed by atoms with van der Waals surface area (Å²) in [4.78, 5) is 12.9. The molecular formula is C13H14N6O. The van der Waals surface area contributed by atoms with E-state index in [0.29, 0.717) is 12.2 Å². The predicted molar refractivity (Wildman–Crippen MR) is 71.1 cm³/mol. The van der Waals surface area contributed by atoms with Gasteiger partial charge in [-0.05, 0) is 11.6 Å². The van der Waals surface area contributed by atoms with Gasteiger partial charge in [0.2, 0.25) is 11.7 Å². The van der Waals surface area contributed by atoms with Gasteiger partial charge in [-0.25, -0.2) is 0 Å². The molecule has 7 heteroatoms. The number of rotatable bonds is 5. The first-order chi connectivity index (χ1) is 9.72. The zero-order valence-corrected chi connectivity index (χ0v) is 11.0. The van der Waals surface area contributed by atoms with Gasteiger partial charge < -0.3 is 5.32 Å². The monoisotopic (exact) mass is 270 g/mol. The van der Waals surface area contributed by atoms with Crippen molar-refractivity contribution in [3.05, 3.63) is 30.3 Å². The molecule has 1 amide bonds. The number of carbonyl (C=O) groups excluding carboxylic acids is 1. The average Bonchev–Trinajstić information content (AvgIpc) is 2.94. The quantitative estimate of drug-likeness (QED) is 0.865. The molecule has 1 aromatic heterocycles. The fourth-order valence-corrected chi connectivity index (χ4v) is 1.61. The Balaban J connectivity index is 2.00. The number of benzene rings is 1.